The predicted octanol–water partition coefficient (Wildman–Crippen LogP) is 35.1. The number of aryl methyl sites for hydroxylation is 9. The molecule has 12 heterocycles. The molecule has 0 atom stereocenters. The van der Waals surface area contributed by atoms with Crippen LogP contribution < -0.4 is 0 Å². The van der Waals surface area contributed by atoms with Crippen LogP contribution >= 0.6 is 375 Å². The molecule has 0 spiro atoms. The highest BCUT2D eigenvalue weighted by Gasteiger charge is 2.14. The molecule has 0 aliphatic carbocycles. The number of hydrogen-bond donors (Lipinski definition) is 0. The highest BCUT2D eigenvalue weighted by molar-refractivity contribution is 9.14. The maximum absolute atomic E-state index is 3.55. The smallest absolute Gasteiger partial charge is 0.0847 e. The molecule has 0 amide bonds. The van der Waals surface area contributed by atoms with Gasteiger partial charge in [0.15, 0.2) is 0 Å². The topological polar surface area (TPSA) is 0 Å². The summed E-state index contributed by atoms with van der Waals surface area (Å²) in [5.74, 6) is 0. The Bertz CT molecular complexity index is 3060. The van der Waals surface area contributed by atoms with E-state index in [4.69, 9.17) is 0 Å². The van der Waals surface area contributed by atoms with E-state index < -0.39 is 0 Å². The standard InChI is InChI=1S/3C10H8Br2S2.C8H2Br4S2.3C5H5BrS.C4H2Br2S/c3*1-5-3-7(13-9(5)11)8-4-6(2)10(12)14-8;9-3-1-5(13-7(3)11)6-2-4(10)8(12)14-6;3*1-4-2-3-7-5(4)6;5-3-1-2-7-4(3)6/h3*3-4H,1-2H3;1-2H;3*2-3H,1H3;1-2H. The van der Waals surface area contributed by atoms with Crippen molar-refractivity contribution < 1.29 is 0 Å². The third kappa shape index (κ3) is 25.3. The summed E-state index contributed by atoms with van der Waals surface area (Å²) in [6.07, 6.45) is 0. The monoisotopic (exact) mass is 2290 g/mol. The van der Waals surface area contributed by atoms with Crippen LogP contribution in [0.5, 0.6) is 0 Å². The van der Waals surface area contributed by atoms with Gasteiger partial charge in [0.1, 0.15) is 0 Å². The highest BCUT2D eigenvalue weighted by Crippen LogP contribution is 2.46. The van der Waals surface area contributed by atoms with Crippen LogP contribution in [-0.2, 0) is 0 Å². The van der Waals surface area contributed by atoms with E-state index in [0.717, 1.165) is 24.8 Å². The van der Waals surface area contributed by atoms with Crippen molar-refractivity contribution in [3.8, 4) is 39.0 Å². The van der Waals surface area contributed by atoms with Gasteiger partial charge in [0.25, 0.3) is 0 Å². The minimum absolute atomic E-state index is 1.11. The van der Waals surface area contributed by atoms with E-state index in [1.165, 1.54) is 123 Å². The molecule has 0 unspecified atom stereocenters. The SMILES string of the molecule is Brc1cc(-c2cc(Br)c(Br)s2)sc1Br.Brc1ccsc1Br.Cc1cc(-c2cc(C)c(Br)s2)sc1Br.Cc1cc(-c2cc(C)c(Br)s2)sc1Br.Cc1cc(-c2cc(C)c(Br)s2)sc1Br.Cc1ccsc1Br.Cc1ccsc1Br.Cc1ccsc1Br. The van der Waals surface area contributed by atoms with E-state index in [1.807, 2.05) is 11.4 Å². The van der Waals surface area contributed by atoms with E-state index in [-0.39, 0.29) is 0 Å². The van der Waals surface area contributed by atoms with E-state index in [9.17, 15) is 0 Å². The molecule has 0 radical (unpaired) electrons. The zero-order valence-electron chi connectivity index (χ0n) is 44.8. The Morgan fingerprint density at radius 2 is 0.381 bits per heavy atom. The van der Waals surface area contributed by atoms with Crippen LogP contribution in [0.1, 0.15) is 50.1 Å². The number of halogens is 15. The lowest BCUT2D eigenvalue weighted by Crippen LogP contribution is -1.61. The summed E-state index contributed by atoms with van der Waals surface area (Å²) in [5, 5.41) is 8.23. The molecule has 448 valence electrons. The van der Waals surface area contributed by atoms with Crippen molar-refractivity contribution in [2.24, 2.45) is 0 Å². The summed E-state index contributed by atoms with van der Waals surface area (Å²) in [4.78, 5) is 10.6. The Morgan fingerprint density at radius 3 is 0.476 bits per heavy atom. The first-order valence-electron chi connectivity index (χ1n) is 23.5. The van der Waals surface area contributed by atoms with Crippen molar-refractivity contribution in [2.45, 2.75) is 62.3 Å². The average Bonchev–Trinajstić information content (AvgIpc) is 4.53. The van der Waals surface area contributed by atoms with Gasteiger partial charge in [-0.1, -0.05) is 0 Å². The molecule has 12 aromatic rings. The zero-order valence-corrected chi connectivity index (χ0v) is 78.4. The second-order valence-corrected chi connectivity index (χ2v) is 47.5. The van der Waals surface area contributed by atoms with Crippen molar-refractivity contribution in [1.29, 1.82) is 0 Å². The summed E-state index contributed by atoms with van der Waals surface area (Å²) in [6, 6.07) is 25.9. The summed E-state index contributed by atoms with van der Waals surface area (Å²) in [7, 11) is 0. The molecule has 84 heavy (non-hydrogen) atoms. The lowest BCUT2D eigenvalue weighted by Gasteiger charge is -1.86. The first-order valence-corrected chi connectivity index (χ1v) is 45.4. The Hall–Kier alpha value is 3.60. The molecule has 0 saturated carbocycles. The largest absolute Gasteiger partial charge is 0.137 e. The van der Waals surface area contributed by atoms with Gasteiger partial charge in [0.05, 0.1) is 45.4 Å². The van der Waals surface area contributed by atoms with Crippen molar-refractivity contribution in [1.82, 2.24) is 0 Å². The van der Waals surface area contributed by atoms with Gasteiger partial charge in [0, 0.05) is 52.4 Å². The van der Waals surface area contributed by atoms with Gasteiger partial charge in [-0.25, -0.2) is 0 Å². The van der Waals surface area contributed by atoms with E-state index >= 15 is 0 Å². The fraction of sp³-hybridized carbons (Fsp3) is 0.158. The van der Waals surface area contributed by atoms with Crippen LogP contribution in [0.2, 0.25) is 0 Å². The average molecular weight is 2310 g/mol. The van der Waals surface area contributed by atoms with Crippen molar-refractivity contribution >= 4 is 375 Å². The van der Waals surface area contributed by atoms with E-state index in [2.05, 4.69) is 384 Å². The normalized spacial score (nSPS) is 10.4. The van der Waals surface area contributed by atoms with Crippen molar-refractivity contribution in [3.63, 3.8) is 0 Å². The summed E-state index contributed by atoms with van der Waals surface area (Å²) in [5.41, 5.74) is 11.8. The second-order valence-electron chi connectivity index (χ2n) is 17.0. The fourth-order valence-electron chi connectivity index (χ4n) is 5.76. The molecule has 0 nitrogen and oxygen atoms in total. The second kappa shape index (κ2) is 39.0. The highest BCUT2D eigenvalue weighted by atomic mass is 79.9. The van der Waals surface area contributed by atoms with Crippen LogP contribution in [-0.4, -0.2) is 0 Å². The lowest BCUT2D eigenvalue weighted by atomic mass is 10.3. The fourth-order valence-corrected chi connectivity index (χ4v) is 24.2. The van der Waals surface area contributed by atoms with Gasteiger partial charge in [-0.05, 0) is 446 Å². The number of rotatable bonds is 4. The molecule has 0 aliphatic heterocycles. The minimum Gasteiger partial charge on any atom is -0.137 e. The van der Waals surface area contributed by atoms with E-state index in [1.54, 1.807) is 136 Å². The molecule has 27 heteroatoms. The van der Waals surface area contributed by atoms with Crippen molar-refractivity contribution in [3.05, 3.63) is 203 Å². The molecule has 0 aromatic carbocycles. The Labute approximate surface area is 667 Å². The molecule has 0 fully saturated rings. The molecular weight excluding hydrogens is 2270 g/mol. The van der Waals surface area contributed by atoms with Crippen LogP contribution in [0.3, 0.4) is 0 Å². The number of thiophene rings is 12. The summed E-state index contributed by atoms with van der Waals surface area (Å²) < 4.78 is 17.9. The van der Waals surface area contributed by atoms with Crippen LogP contribution in [0.25, 0.3) is 39.0 Å². The molecule has 0 aliphatic rings. The quantitative estimate of drug-likeness (QED) is 0.165. The van der Waals surface area contributed by atoms with Gasteiger partial charge < -0.3 is 0 Å². The number of hydrogen-bond acceptors (Lipinski definition) is 12. The van der Waals surface area contributed by atoms with Crippen LogP contribution in [0.15, 0.2) is 153 Å². The first-order chi connectivity index (χ1) is 39.5. The summed E-state index contributed by atoms with van der Waals surface area (Å²) in [6.45, 7) is 19.0. The third-order valence-electron chi connectivity index (χ3n) is 10.4. The minimum atomic E-state index is 1.11. The van der Waals surface area contributed by atoms with E-state index in [0.29, 0.717) is 0 Å². The predicted molar refractivity (Wildman–Crippen MR) is 446 cm³/mol. The van der Waals surface area contributed by atoms with Crippen molar-refractivity contribution in [2.75, 3.05) is 0 Å². The third-order valence-corrected chi connectivity index (χ3v) is 39.6. The summed E-state index contributed by atoms with van der Waals surface area (Å²) >= 11 is 73.1. The first kappa shape index (κ1) is 78.3. The van der Waals surface area contributed by atoms with Gasteiger partial charge in [-0.15, -0.1) is 136 Å². The Balaban J connectivity index is 0.000000179. The molecule has 0 N–H and O–H groups in total. The Morgan fingerprint density at radius 1 is 0.190 bits per heavy atom. The maximum Gasteiger partial charge on any atom is 0.0847 e. The molecular formula is C57H43Br15S12. The molecule has 12 rings (SSSR count). The Kier molecular flexibility index (Phi) is 36.3. The molecule has 0 saturated heterocycles. The zero-order chi connectivity index (χ0) is 62.3. The van der Waals surface area contributed by atoms with Crippen LogP contribution in [0.4, 0.5) is 0 Å². The van der Waals surface area contributed by atoms with Gasteiger partial charge in [0.2, 0.25) is 0 Å². The van der Waals surface area contributed by atoms with Gasteiger partial charge in [-0.3, -0.25) is 0 Å². The maximum atomic E-state index is 3.55. The lowest BCUT2D eigenvalue weighted by molar-refractivity contribution is 1.52. The molecule has 0 bridgehead atoms. The van der Waals surface area contributed by atoms with Crippen LogP contribution in [0, 0.1) is 62.3 Å². The molecule has 12 aromatic heterocycles. The van der Waals surface area contributed by atoms with Gasteiger partial charge in [-0.2, -0.15) is 0 Å². The van der Waals surface area contributed by atoms with Gasteiger partial charge >= 0.3 is 0 Å².